The van der Waals surface area contributed by atoms with Gasteiger partial charge in [0.2, 0.25) is 0 Å². The van der Waals surface area contributed by atoms with Crippen LogP contribution in [0.4, 0.5) is 0 Å². The van der Waals surface area contributed by atoms with E-state index in [-0.39, 0.29) is 0 Å². The molecule has 1 heterocycles. The van der Waals surface area contributed by atoms with Crippen LogP contribution in [0.5, 0.6) is 0 Å². The summed E-state index contributed by atoms with van der Waals surface area (Å²) in [5.41, 5.74) is 9.31. The van der Waals surface area contributed by atoms with Gasteiger partial charge in [-0.05, 0) is 53.8 Å². The van der Waals surface area contributed by atoms with E-state index in [1.54, 1.807) is 11.1 Å². The molecule has 1 unspecified atom stereocenters. The number of rotatable bonds is 0. The van der Waals surface area contributed by atoms with Crippen molar-refractivity contribution in [3.05, 3.63) is 58.7 Å². The van der Waals surface area contributed by atoms with Gasteiger partial charge in [-0.2, -0.15) is 11.8 Å². The minimum absolute atomic E-state index is 0.298. The molecule has 1 atom stereocenters. The highest BCUT2D eigenvalue weighted by Gasteiger charge is 2.46. The monoisotopic (exact) mass is 266 g/mol. The molecule has 1 aliphatic carbocycles. The fourth-order valence-corrected chi connectivity index (χ4v) is 5.36. The fourth-order valence-electron chi connectivity index (χ4n) is 3.93. The highest BCUT2D eigenvalue weighted by molar-refractivity contribution is 7.99. The molecule has 0 bridgehead atoms. The molecule has 0 nitrogen and oxygen atoms in total. The molecule has 96 valence electrons. The van der Waals surface area contributed by atoms with E-state index in [4.69, 9.17) is 0 Å². The third-order valence-corrected chi connectivity index (χ3v) is 5.94. The zero-order valence-corrected chi connectivity index (χ0v) is 12.3. The van der Waals surface area contributed by atoms with Crippen LogP contribution >= 0.6 is 11.8 Å². The number of benzene rings is 2. The number of fused-ring (bicyclic) bond motifs is 5. The summed E-state index contributed by atoms with van der Waals surface area (Å²) in [5, 5.41) is 0. The molecule has 1 aliphatic heterocycles. The maximum absolute atomic E-state index is 2.43. The van der Waals surface area contributed by atoms with Crippen molar-refractivity contribution in [2.24, 2.45) is 0 Å². The largest absolute Gasteiger partial charge is 0.161 e. The predicted octanol–water partition coefficient (Wildman–Crippen LogP) is 4.71. The summed E-state index contributed by atoms with van der Waals surface area (Å²) in [6, 6.07) is 13.8. The van der Waals surface area contributed by atoms with Crippen molar-refractivity contribution in [1.29, 1.82) is 0 Å². The molecule has 0 amide bonds. The van der Waals surface area contributed by atoms with Crippen LogP contribution in [-0.4, -0.2) is 11.5 Å². The van der Waals surface area contributed by atoms with Crippen molar-refractivity contribution in [3.8, 4) is 11.1 Å². The maximum Gasteiger partial charge on any atom is 0.0316 e. The molecule has 1 fully saturated rings. The van der Waals surface area contributed by atoms with E-state index in [1.807, 2.05) is 0 Å². The standard InChI is InChI=1S/C18H18S/c1-12-6-7-14-15-5-3-4-13(2)17(15)18(16(14)10-12)8-9-19-11-18/h3-7,10H,8-9,11H2,1-2H3. The Labute approximate surface area is 119 Å². The second-order valence-corrected chi connectivity index (χ2v) is 7.04. The second-order valence-electron chi connectivity index (χ2n) is 5.93. The average Bonchev–Trinajstić information content (AvgIpc) is 2.97. The van der Waals surface area contributed by atoms with Gasteiger partial charge in [0.05, 0.1) is 0 Å². The van der Waals surface area contributed by atoms with Crippen LogP contribution in [0.15, 0.2) is 36.4 Å². The highest BCUT2D eigenvalue weighted by atomic mass is 32.2. The Hall–Kier alpha value is -1.21. The van der Waals surface area contributed by atoms with Gasteiger partial charge in [0, 0.05) is 11.2 Å². The SMILES string of the molecule is Cc1ccc2c(c1)C1(CCSC1)c1c(C)cccc1-2. The summed E-state index contributed by atoms with van der Waals surface area (Å²) in [4.78, 5) is 0. The van der Waals surface area contributed by atoms with E-state index in [9.17, 15) is 0 Å². The van der Waals surface area contributed by atoms with Gasteiger partial charge in [0.1, 0.15) is 0 Å². The van der Waals surface area contributed by atoms with Crippen LogP contribution in [0.1, 0.15) is 28.7 Å². The normalized spacial score (nSPS) is 23.7. The molecule has 2 aromatic rings. The lowest BCUT2D eigenvalue weighted by Crippen LogP contribution is -2.25. The van der Waals surface area contributed by atoms with E-state index in [0.29, 0.717) is 5.41 Å². The molecule has 2 aromatic carbocycles. The zero-order valence-electron chi connectivity index (χ0n) is 11.5. The summed E-state index contributed by atoms with van der Waals surface area (Å²) in [6.45, 7) is 4.49. The molecule has 0 radical (unpaired) electrons. The lowest BCUT2D eigenvalue weighted by molar-refractivity contribution is 0.599. The Morgan fingerprint density at radius 2 is 1.95 bits per heavy atom. The molecule has 2 aliphatic rings. The van der Waals surface area contributed by atoms with Gasteiger partial charge >= 0.3 is 0 Å². The van der Waals surface area contributed by atoms with E-state index >= 15 is 0 Å². The first kappa shape index (κ1) is 11.6. The Bertz CT molecular complexity index is 663. The molecular weight excluding hydrogens is 248 g/mol. The molecule has 0 saturated carbocycles. The van der Waals surface area contributed by atoms with Crippen molar-refractivity contribution in [1.82, 2.24) is 0 Å². The van der Waals surface area contributed by atoms with Gasteiger partial charge in [0.25, 0.3) is 0 Å². The minimum atomic E-state index is 0.298. The van der Waals surface area contributed by atoms with Gasteiger partial charge in [-0.3, -0.25) is 0 Å². The van der Waals surface area contributed by atoms with Crippen LogP contribution in [-0.2, 0) is 5.41 Å². The van der Waals surface area contributed by atoms with Crippen molar-refractivity contribution in [3.63, 3.8) is 0 Å². The van der Waals surface area contributed by atoms with Gasteiger partial charge in [-0.25, -0.2) is 0 Å². The molecular formula is C18H18S. The van der Waals surface area contributed by atoms with Gasteiger partial charge < -0.3 is 0 Å². The van der Waals surface area contributed by atoms with Crippen LogP contribution < -0.4 is 0 Å². The van der Waals surface area contributed by atoms with Crippen LogP contribution in [0.2, 0.25) is 0 Å². The minimum Gasteiger partial charge on any atom is -0.161 e. The van der Waals surface area contributed by atoms with Crippen molar-refractivity contribution in [2.75, 3.05) is 11.5 Å². The first-order valence-corrected chi connectivity index (χ1v) is 8.17. The molecule has 0 aromatic heterocycles. The Morgan fingerprint density at radius 1 is 1.05 bits per heavy atom. The fraction of sp³-hybridized carbons (Fsp3) is 0.333. The quantitative estimate of drug-likeness (QED) is 0.665. The van der Waals surface area contributed by atoms with E-state index in [2.05, 4.69) is 62.0 Å². The summed E-state index contributed by atoms with van der Waals surface area (Å²) in [7, 11) is 0. The van der Waals surface area contributed by atoms with Crippen LogP contribution in [0.3, 0.4) is 0 Å². The Morgan fingerprint density at radius 3 is 2.74 bits per heavy atom. The van der Waals surface area contributed by atoms with Crippen molar-refractivity contribution >= 4 is 11.8 Å². The number of aryl methyl sites for hydroxylation is 2. The van der Waals surface area contributed by atoms with Crippen molar-refractivity contribution in [2.45, 2.75) is 25.7 Å². The van der Waals surface area contributed by atoms with E-state index in [1.165, 1.54) is 40.2 Å². The smallest absolute Gasteiger partial charge is 0.0316 e. The number of thioether (sulfide) groups is 1. The summed E-state index contributed by atoms with van der Waals surface area (Å²) in [5.74, 6) is 2.54. The third kappa shape index (κ3) is 1.42. The van der Waals surface area contributed by atoms with Gasteiger partial charge in [-0.1, -0.05) is 42.0 Å². The molecule has 1 heteroatoms. The maximum atomic E-state index is 2.43. The summed E-state index contributed by atoms with van der Waals surface area (Å²) >= 11 is 2.11. The highest BCUT2D eigenvalue weighted by Crippen LogP contribution is 2.56. The van der Waals surface area contributed by atoms with Gasteiger partial charge in [0.15, 0.2) is 0 Å². The molecule has 19 heavy (non-hydrogen) atoms. The first-order chi connectivity index (χ1) is 9.22. The Balaban J connectivity index is 2.11. The van der Waals surface area contributed by atoms with E-state index < -0.39 is 0 Å². The molecule has 1 spiro atoms. The van der Waals surface area contributed by atoms with E-state index in [0.717, 1.165) is 0 Å². The summed E-state index contributed by atoms with van der Waals surface area (Å²) < 4.78 is 0. The lowest BCUT2D eigenvalue weighted by Gasteiger charge is -2.27. The lowest BCUT2D eigenvalue weighted by atomic mass is 9.76. The second kappa shape index (κ2) is 3.89. The van der Waals surface area contributed by atoms with Crippen molar-refractivity contribution < 1.29 is 0 Å². The first-order valence-electron chi connectivity index (χ1n) is 7.02. The topological polar surface area (TPSA) is 0 Å². The molecule has 0 N–H and O–H groups in total. The predicted molar refractivity (Wildman–Crippen MR) is 84.1 cm³/mol. The zero-order chi connectivity index (χ0) is 13.0. The third-order valence-electron chi connectivity index (χ3n) is 4.75. The Kier molecular flexibility index (Phi) is 2.38. The number of hydrogen-bond donors (Lipinski definition) is 0. The average molecular weight is 266 g/mol. The van der Waals surface area contributed by atoms with Crippen LogP contribution in [0, 0.1) is 13.8 Å². The number of hydrogen-bond acceptors (Lipinski definition) is 1. The van der Waals surface area contributed by atoms with Gasteiger partial charge in [-0.15, -0.1) is 0 Å². The molecule has 4 rings (SSSR count). The van der Waals surface area contributed by atoms with Crippen LogP contribution in [0.25, 0.3) is 11.1 Å². The molecule has 1 saturated heterocycles. The summed E-state index contributed by atoms with van der Waals surface area (Å²) in [6.07, 6.45) is 1.30.